The molecule has 0 fully saturated rings. The molecular formula is C19H13ClFN5S. The Labute approximate surface area is 164 Å². The fourth-order valence-corrected chi connectivity index (χ4v) is 3.07. The molecule has 5 nitrogen and oxygen atoms in total. The second-order valence-corrected chi connectivity index (χ2v) is 6.70. The van der Waals surface area contributed by atoms with E-state index in [0.717, 1.165) is 16.5 Å². The van der Waals surface area contributed by atoms with Gasteiger partial charge in [-0.25, -0.2) is 14.5 Å². The van der Waals surface area contributed by atoms with Crippen molar-refractivity contribution in [2.24, 2.45) is 5.10 Å². The molecule has 8 heteroatoms. The molecule has 0 aliphatic rings. The van der Waals surface area contributed by atoms with Gasteiger partial charge in [-0.05, 0) is 49.0 Å². The van der Waals surface area contributed by atoms with Crippen LogP contribution in [-0.4, -0.2) is 26.1 Å². The minimum absolute atomic E-state index is 0.241. The lowest BCUT2D eigenvalue weighted by atomic mass is 10.1. The first-order chi connectivity index (χ1) is 13.0. The van der Waals surface area contributed by atoms with Gasteiger partial charge in [0.1, 0.15) is 11.0 Å². The summed E-state index contributed by atoms with van der Waals surface area (Å²) >= 11 is 11.5. The van der Waals surface area contributed by atoms with Gasteiger partial charge in [-0.1, -0.05) is 35.9 Å². The van der Waals surface area contributed by atoms with E-state index in [1.54, 1.807) is 18.2 Å². The normalized spacial score (nSPS) is 11.5. The van der Waals surface area contributed by atoms with Crippen LogP contribution >= 0.6 is 23.8 Å². The number of aromatic nitrogens is 4. The number of halogens is 2. The molecule has 2 aromatic carbocycles. The number of H-pyrrole nitrogens is 1. The highest BCUT2D eigenvalue weighted by Crippen LogP contribution is 2.22. The highest BCUT2D eigenvalue weighted by atomic mass is 35.5. The summed E-state index contributed by atoms with van der Waals surface area (Å²) in [5.74, 6) is -0.140. The molecule has 2 heterocycles. The van der Waals surface area contributed by atoms with E-state index in [1.165, 1.54) is 17.0 Å². The summed E-state index contributed by atoms with van der Waals surface area (Å²) in [4.78, 5) is 4.41. The third-order valence-corrected chi connectivity index (χ3v) is 4.60. The van der Waals surface area contributed by atoms with Crippen LogP contribution in [0.25, 0.3) is 22.3 Å². The second kappa shape index (κ2) is 7.02. The number of nitrogens with zero attached hydrogens (tertiary/aromatic N) is 4. The molecule has 0 bridgehead atoms. The van der Waals surface area contributed by atoms with Gasteiger partial charge in [0.05, 0.1) is 17.3 Å². The molecule has 0 aliphatic carbocycles. The lowest BCUT2D eigenvalue weighted by Gasteiger charge is -2.04. The first kappa shape index (κ1) is 17.5. The average Bonchev–Trinajstić information content (AvgIpc) is 3.01. The maximum atomic E-state index is 14.1. The Bertz CT molecular complexity index is 1240. The molecule has 0 saturated heterocycles. The van der Waals surface area contributed by atoms with Crippen molar-refractivity contribution < 1.29 is 4.39 Å². The molecule has 0 amide bonds. The molecule has 0 spiro atoms. The molecule has 4 aromatic rings. The number of hydrogen-bond acceptors (Lipinski definition) is 4. The third-order valence-electron chi connectivity index (χ3n) is 4.03. The topological polar surface area (TPSA) is 58.9 Å². The zero-order valence-electron chi connectivity index (χ0n) is 14.1. The van der Waals surface area contributed by atoms with Gasteiger partial charge in [-0.15, -0.1) is 0 Å². The summed E-state index contributed by atoms with van der Waals surface area (Å²) in [7, 11) is 0. The summed E-state index contributed by atoms with van der Waals surface area (Å²) in [5, 5.41) is 12.3. The summed E-state index contributed by atoms with van der Waals surface area (Å²) in [6.45, 7) is 2.00. The molecule has 134 valence electrons. The van der Waals surface area contributed by atoms with Gasteiger partial charge in [0.2, 0.25) is 4.77 Å². The number of aromatic amines is 1. The number of hydrogen-bond donors (Lipinski definition) is 1. The summed E-state index contributed by atoms with van der Waals surface area (Å²) in [6, 6.07) is 14.1. The highest BCUT2D eigenvalue weighted by molar-refractivity contribution is 7.71. The Morgan fingerprint density at radius 3 is 2.85 bits per heavy atom. The lowest BCUT2D eigenvalue weighted by Crippen LogP contribution is -1.97. The van der Waals surface area contributed by atoms with Crippen LogP contribution in [0.5, 0.6) is 0 Å². The van der Waals surface area contributed by atoms with E-state index in [4.69, 9.17) is 23.8 Å². The minimum atomic E-state index is -0.413. The van der Waals surface area contributed by atoms with Crippen LogP contribution in [0.3, 0.4) is 0 Å². The van der Waals surface area contributed by atoms with E-state index < -0.39 is 5.82 Å². The van der Waals surface area contributed by atoms with Crippen molar-refractivity contribution in [2.75, 3.05) is 0 Å². The number of aryl methyl sites for hydroxylation is 1. The van der Waals surface area contributed by atoms with Crippen LogP contribution in [0.4, 0.5) is 4.39 Å². The SMILES string of the molecule is Cc1ccc2cc(/C=N\n3c(-c4ccccc4F)n[nH]c3=S)c(Cl)nc2c1. The highest BCUT2D eigenvalue weighted by Gasteiger charge is 2.12. The van der Waals surface area contributed by atoms with Crippen molar-refractivity contribution in [3.8, 4) is 11.4 Å². The number of rotatable bonds is 3. The Hall–Kier alpha value is -2.90. The van der Waals surface area contributed by atoms with Crippen LogP contribution in [0.1, 0.15) is 11.1 Å². The Balaban J connectivity index is 1.78. The fraction of sp³-hybridized carbons (Fsp3) is 0.0526. The average molecular weight is 398 g/mol. The van der Waals surface area contributed by atoms with E-state index in [9.17, 15) is 4.39 Å². The molecule has 0 aliphatic heterocycles. The van der Waals surface area contributed by atoms with E-state index in [1.807, 2.05) is 31.2 Å². The molecule has 0 atom stereocenters. The zero-order valence-corrected chi connectivity index (χ0v) is 15.7. The van der Waals surface area contributed by atoms with Gasteiger partial charge in [-0.3, -0.25) is 0 Å². The largest absolute Gasteiger partial charge is 0.250 e. The Morgan fingerprint density at radius 2 is 2.04 bits per heavy atom. The van der Waals surface area contributed by atoms with E-state index in [0.29, 0.717) is 16.3 Å². The van der Waals surface area contributed by atoms with Gasteiger partial charge in [0.15, 0.2) is 5.82 Å². The maximum Gasteiger partial charge on any atom is 0.216 e. The molecule has 0 radical (unpaired) electrons. The van der Waals surface area contributed by atoms with Crippen LogP contribution in [0, 0.1) is 17.5 Å². The molecule has 27 heavy (non-hydrogen) atoms. The molecule has 2 aromatic heterocycles. The van der Waals surface area contributed by atoms with Crippen molar-refractivity contribution in [1.29, 1.82) is 0 Å². The van der Waals surface area contributed by atoms with Gasteiger partial charge in [0, 0.05) is 10.9 Å². The first-order valence-corrected chi connectivity index (χ1v) is 8.85. The van der Waals surface area contributed by atoms with Crippen molar-refractivity contribution >= 4 is 40.9 Å². The number of benzene rings is 2. The molecule has 4 rings (SSSR count). The quantitative estimate of drug-likeness (QED) is 0.296. The van der Waals surface area contributed by atoms with E-state index in [-0.39, 0.29) is 10.6 Å². The molecule has 0 unspecified atom stereocenters. The first-order valence-electron chi connectivity index (χ1n) is 8.06. The summed E-state index contributed by atoms with van der Waals surface area (Å²) in [6.07, 6.45) is 1.53. The van der Waals surface area contributed by atoms with Crippen molar-refractivity contribution in [3.05, 3.63) is 75.4 Å². The Kier molecular flexibility index (Phi) is 4.55. The number of pyridine rings is 1. The van der Waals surface area contributed by atoms with Gasteiger partial charge in [-0.2, -0.15) is 14.9 Å². The summed E-state index contributed by atoms with van der Waals surface area (Å²) in [5.41, 5.74) is 2.83. The van der Waals surface area contributed by atoms with Crippen molar-refractivity contribution in [2.45, 2.75) is 6.92 Å². The molecule has 1 N–H and O–H groups in total. The smallest absolute Gasteiger partial charge is 0.216 e. The molecule has 0 saturated carbocycles. The van der Waals surface area contributed by atoms with Crippen LogP contribution in [0.15, 0.2) is 53.6 Å². The maximum absolute atomic E-state index is 14.1. The third kappa shape index (κ3) is 3.39. The van der Waals surface area contributed by atoms with Gasteiger partial charge >= 0.3 is 0 Å². The monoisotopic (exact) mass is 397 g/mol. The fourth-order valence-electron chi connectivity index (χ4n) is 2.70. The van der Waals surface area contributed by atoms with Gasteiger partial charge < -0.3 is 0 Å². The Morgan fingerprint density at radius 1 is 1.22 bits per heavy atom. The zero-order chi connectivity index (χ0) is 19.0. The van der Waals surface area contributed by atoms with E-state index in [2.05, 4.69) is 20.3 Å². The molecular weight excluding hydrogens is 385 g/mol. The van der Waals surface area contributed by atoms with Crippen LogP contribution in [0.2, 0.25) is 5.15 Å². The predicted molar refractivity (Wildman–Crippen MR) is 107 cm³/mol. The summed E-state index contributed by atoms with van der Waals surface area (Å²) < 4.78 is 15.7. The lowest BCUT2D eigenvalue weighted by molar-refractivity contribution is 0.628. The van der Waals surface area contributed by atoms with Crippen LogP contribution < -0.4 is 0 Å². The van der Waals surface area contributed by atoms with Crippen molar-refractivity contribution in [1.82, 2.24) is 19.9 Å². The number of nitrogens with one attached hydrogen (secondary N) is 1. The van der Waals surface area contributed by atoms with Gasteiger partial charge in [0.25, 0.3) is 0 Å². The second-order valence-electron chi connectivity index (χ2n) is 5.95. The minimum Gasteiger partial charge on any atom is -0.250 e. The van der Waals surface area contributed by atoms with Crippen molar-refractivity contribution in [3.63, 3.8) is 0 Å². The predicted octanol–water partition coefficient (Wildman–Crippen LogP) is 5.14. The van der Waals surface area contributed by atoms with E-state index >= 15 is 0 Å². The number of fused-ring (bicyclic) bond motifs is 1. The van der Waals surface area contributed by atoms with Crippen LogP contribution in [-0.2, 0) is 0 Å². The standard InChI is InChI=1S/C19H13ClFN5S/c1-11-6-7-12-9-13(17(20)23-16(12)8-11)10-22-26-18(24-25-19(26)27)14-4-2-3-5-15(14)21/h2-10H,1H3,(H,25,27)/b22-10-.